The molecule has 3 heterocycles. The molecule has 31 heavy (non-hydrogen) atoms. The van der Waals surface area contributed by atoms with Crippen molar-refractivity contribution in [1.29, 1.82) is 0 Å². The number of carbonyl (C=O) groups is 1. The highest BCUT2D eigenvalue weighted by molar-refractivity contribution is 9.11. The summed E-state index contributed by atoms with van der Waals surface area (Å²) in [5.41, 5.74) is 0.809. The maximum Gasteiger partial charge on any atom is 0.243 e. The maximum absolute atomic E-state index is 13.0. The van der Waals surface area contributed by atoms with Crippen LogP contribution in [0.2, 0.25) is 0 Å². The van der Waals surface area contributed by atoms with Crippen LogP contribution in [0.1, 0.15) is 12.8 Å². The molecule has 0 saturated carbocycles. The Morgan fingerprint density at radius 2 is 2.03 bits per heavy atom. The largest absolute Gasteiger partial charge is 0.497 e. The van der Waals surface area contributed by atoms with Gasteiger partial charge in [-0.3, -0.25) is 4.79 Å². The number of hydrogen-bond donors (Lipinski definition) is 1. The van der Waals surface area contributed by atoms with Crippen molar-refractivity contribution in [3.63, 3.8) is 0 Å². The third kappa shape index (κ3) is 5.01. The Hall–Kier alpha value is -1.79. The maximum atomic E-state index is 13.0. The zero-order valence-electron chi connectivity index (χ0n) is 16.6. The zero-order valence-corrected chi connectivity index (χ0v) is 20.6. The molecule has 1 amide bonds. The molecule has 0 spiro atoms. The van der Waals surface area contributed by atoms with Crippen LogP contribution in [0, 0.1) is 5.92 Å². The number of carbonyl (C=O) groups excluding carboxylic acids is 1. The summed E-state index contributed by atoms with van der Waals surface area (Å²) in [6.45, 7) is 0.545. The molecule has 0 bridgehead atoms. The number of ether oxygens (including phenoxy) is 1. The first-order valence-corrected chi connectivity index (χ1v) is 13.5. The predicted molar refractivity (Wildman–Crippen MR) is 126 cm³/mol. The zero-order chi connectivity index (χ0) is 22.0. The van der Waals surface area contributed by atoms with E-state index in [1.165, 1.54) is 34.9 Å². The van der Waals surface area contributed by atoms with Crippen molar-refractivity contribution in [2.24, 2.45) is 5.92 Å². The summed E-state index contributed by atoms with van der Waals surface area (Å²) in [7, 11) is -2.14. The summed E-state index contributed by atoms with van der Waals surface area (Å²) in [5.74, 6) is -0.0412. The fourth-order valence-electron chi connectivity index (χ4n) is 3.38. The highest BCUT2D eigenvalue weighted by Gasteiger charge is 2.33. The molecule has 11 heteroatoms. The van der Waals surface area contributed by atoms with E-state index in [0.29, 0.717) is 30.3 Å². The molecule has 1 N–H and O–H groups in total. The van der Waals surface area contributed by atoms with Gasteiger partial charge in [0.2, 0.25) is 15.9 Å². The van der Waals surface area contributed by atoms with Gasteiger partial charge in [0.25, 0.3) is 0 Å². The van der Waals surface area contributed by atoms with E-state index in [4.69, 9.17) is 4.74 Å². The number of benzene rings is 1. The van der Waals surface area contributed by atoms with Crippen LogP contribution in [0.15, 0.2) is 50.5 Å². The molecule has 1 saturated heterocycles. The number of nitrogens with zero attached hydrogens (tertiary/aromatic N) is 2. The Morgan fingerprint density at radius 3 is 2.71 bits per heavy atom. The van der Waals surface area contributed by atoms with E-state index in [1.807, 2.05) is 17.5 Å². The van der Waals surface area contributed by atoms with Crippen molar-refractivity contribution in [1.82, 2.24) is 9.29 Å². The van der Waals surface area contributed by atoms with Gasteiger partial charge in [-0.2, -0.15) is 4.31 Å². The molecule has 4 rings (SSSR count). The second-order valence-corrected chi connectivity index (χ2v) is 12.3. The number of thiazole rings is 1. The van der Waals surface area contributed by atoms with Gasteiger partial charge in [-0.15, -0.1) is 22.7 Å². The molecule has 1 atom stereocenters. The summed E-state index contributed by atoms with van der Waals surface area (Å²) in [5, 5.41) is 5.27. The summed E-state index contributed by atoms with van der Waals surface area (Å²) in [6, 6.07) is 10.2. The summed E-state index contributed by atoms with van der Waals surface area (Å²) in [4.78, 5) is 18.5. The van der Waals surface area contributed by atoms with Crippen LogP contribution < -0.4 is 10.1 Å². The SMILES string of the molecule is COc1ccc(S(=O)(=O)N2CCCC(C(=O)Nc3nc(-c4ccc(Br)s4)cs3)C2)cc1. The average Bonchev–Trinajstić information content (AvgIpc) is 3.42. The van der Waals surface area contributed by atoms with Gasteiger partial charge < -0.3 is 10.1 Å². The van der Waals surface area contributed by atoms with Crippen LogP contribution in [0.5, 0.6) is 5.75 Å². The molecule has 0 radical (unpaired) electrons. The lowest BCUT2D eigenvalue weighted by Gasteiger charge is -2.31. The van der Waals surface area contributed by atoms with Crippen LogP contribution in [-0.4, -0.2) is 43.8 Å². The van der Waals surface area contributed by atoms with E-state index in [1.54, 1.807) is 23.5 Å². The van der Waals surface area contributed by atoms with Gasteiger partial charge >= 0.3 is 0 Å². The van der Waals surface area contributed by atoms with Crippen LogP contribution in [0.4, 0.5) is 5.13 Å². The Kier molecular flexibility index (Phi) is 6.77. The number of methoxy groups -OCH3 is 1. The molecule has 1 aromatic carbocycles. The first kappa shape index (κ1) is 22.4. The lowest BCUT2D eigenvalue weighted by atomic mass is 9.99. The van der Waals surface area contributed by atoms with Gasteiger partial charge in [0, 0.05) is 18.5 Å². The van der Waals surface area contributed by atoms with Crippen molar-refractivity contribution in [3.8, 4) is 16.3 Å². The third-order valence-corrected chi connectivity index (χ3v) is 9.30. The Bertz CT molecular complexity index is 1170. The Labute approximate surface area is 197 Å². The summed E-state index contributed by atoms with van der Waals surface area (Å²) >= 11 is 6.37. The van der Waals surface area contributed by atoms with Crippen LogP contribution in [0.3, 0.4) is 0 Å². The molecule has 1 fully saturated rings. The number of halogens is 1. The monoisotopic (exact) mass is 541 g/mol. The van der Waals surface area contributed by atoms with Crippen molar-refractivity contribution in [2.75, 3.05) is 25.5 Å². The van der Waals surface area contributed by atoms with E-state index >= 15 is 0 Å². The van der Waals surface area contributed by atoms with E-state index in [-0.39, 0.29) is 17.3 Å². The molecular formula is C20H20BrN3O4S3. The van der Waals surface area contributed by atoms with E-state index in [0.717, 1.165) is 14.4 Å². The van der Waals surface area contributed by atoms with Gasteiger partial charge in [-0.1, -0.05) is 0 Å². The molecule has 2 aromatic heterocycles. The molecule has 0 aliphatic carbocycles. The fourth-order valence-corrected chi connectivity index (χ4v) is 7.03. The Balaban J connectivity index is 1.43. The lowest BCUT2D eigenvalue weighted by molar-refractivity contribution is -0.120. The van der Waals surface area contributed by atoms with Crippen molar-refractivity contribution < 1.29 is 17.9 Å². The van der Waals surface area contributed by atoms with E-state index in [9.17, 15) is 13.2 Å². The molecular weight excluding hydrogens is 522 g/mol. The van der Waals surface area contributed by atoms with Crippen molar-refractivity contribution in [2.45, 2.75) is 17.7 Å². The number of hydrogen-bond acceptors (Lipinski definition) is 7. The molecule has 3 aromatic rings. The lowest BCUT2D eigenvalue weighted by Crippen LogP contribution is -2.43. The number of nitrogens with one attached hydrogen (secondary N) is 1. The number of aromatic nitrogens is 1. The number of anilines is 1. The number of thiophene rings is 1. The highest BCUT2D eigenvalue weighted by atomic mass is 79.9. The summed E-state index contributed by atoms with van der Waals surface area (Å²) in [6.07, 6.45) is 1.26. The predicted octanol–water partition coefficient (Wildman–Crippen LogP) is 4.68. The second kappa shape index (κ2) is 9.37. The quantitative estimate of drug-likeness (QED) is 0.489. The smallest absolute Gasteiger partial charge is 0.243 e. The molecule has 164 valence electrons. The molecule has 1 aliphatic heterocycles. The number of sulfonamides is 1. The minimum absolute atomic E-state index is 0.149. The van der Waals surface area contributed by atoms with Crippen LogP contribution in [0.25, 0.3) is 10.6 Å². The minimum atomic E-state index is -3.67. The topological polar surface area (TPSA) is 88.6 Å². The molecule has 7 nitrogen and oxygen atoms in total. The third-order valence-electron chi connectivity index (χ3n) is 5.01. The van der Waals surface area contributed by atoms with Crippen LogP contribution >= 0.6 is 38.6 Å². The second-order valence-electron chi connectivity index (χ2n) is 7.01. The average molecular weight is 543 g/mol. The van der Waals surface area contributed by atoms with E-state index in [2.05, 4.69) is 26.2 Å². The van der Waals surface area contributed by atoms with E-state index < -0.39 is 15.9 Å². The van der Waals surface area contributed by atoms with Crippen LogP contribution in [-0.2, 0) is 14.8 Å². The number of rotatable bonds is 6. The molecule has 1 unspecified atom stereocenters. The number of piperidine rings is 1. The Morgan fingerprint density at radius 1 is 1.26 bits per heavy atom. The highest BCUT2D eigenvalue weighted by Crippen LogP contribution is 2.33. The fraction of sp³-hybridized carbons (Fsp3) is 0.300. The minimum Gasteiger partial charge on any atom is -0.497 e. The normalized spacial score (nSPS) is 17.4. The van der Waals surface area contributed by atoms with Gasteiger partial charge in [0.15, 0.2) is 5.13 Å². The summed E-state index contributed by atoms with van der Waals surface area (Å²) < 4.78 is 33.5. The molecule has 1 aliphatic rings. The first-order valence-electron chi connectivity index (χ1n) is 9.53. The van der Waals surface area contributed by atoms with Crippen molar-refractivity contribution >= 4 is 59.7 Å². The van der Waals surface area contributed by atoms with Gasteiger partial charge in [0.1, 0.15) is 5.75 Å². The van der Waals surface area contributed by atoms with Gasteiger partial charge in [-0.25, -0.2) is 13.4 Å². The number of amides is 1. The first-order chi connectivity index (χ1) is 14.9. The standard InChI is InChI=1S/C20H20BrN3O4S3/c1-28-14-4-6-15(7-5-14)31(26,27)24-10-2-3-13(11-24)19(25)23-20-22-16(12-29-20)17-8-9-18(21)30-17/h4-9,12-13H,2-3,10-11H2,1H3,(H,22,23,25). The van der Waals surface area contributed by atoms with Gasteiger partial charge in [-0.05, 0) is 65.2 Å². The van der Waals surface area contributed by atoms with Crippen molar-refractivity contribution in [3.05, 3.63) is 45.6 Å². The van der Waals surface area contributed by atoms with Gasteiger partial charge in [0.05, 0.1) is 32.3 Å².